The molecular weight excluding hydrogens is 362 g/mol. The summed E-state index contributed by atoms with van der Waals surface area (Å²) in [6.07, 6.45) is 0.235. The van der Waals surface area contributed by atoms with Gasteiger partial charge in [-0.15, -0.1) is 0 Å². The first kappa shape index (κ1) is 22.9. The number of benzene rings is 1. The zero-order chi connectivity index (χ0) is 19.3. The Morgan fingerprint density at radius 1 is 1.04 bits per heavy atom. The molecule has 0 aliphatic rings. The Hall–Kier alpha value is -1.05. The zero-order valence-electron chi connectivity index (χ0n) is 13.4. The predicted molar refractivity (Wildman–Crippen MR) is 86.6 cm³/mol. The third-order valence-corrected chi connectivity index (χ3v) is 5.01. The van der Waals surface area contributed by atoms with E-state index in [2.05, 4.69) is 0 Å². The van der Waals surface area contributed by atoms with Crippen LogP contribution in [0.4, 0.5) is 0 Å². The van der Waals surface area contributed by atoms with Crippen LogP contribution in [0.25, 0.3) is 0 Å². The van der Waals surface area contributed by atoms with E-state index in [9.17, 15) is 19.1 Å². The largest absolute Gasteiger partial charge is 0.481 e. The van der Waals surface area contributed by atoms with Gasteiger partial charge in [0.25, 0.3) is 0 Å². The highest BCUT2D eigenvalue weighted by molar-refractivity contribution is 7.53. The number of phosphoric acid groups is 1. The van der Waals surface area contributed by atoms with Gasteiger partial charge in [-0.05, 0) is 38.3 Å². The van der Waals surface area contributed by atoms with E-state index in [4.69, 9.17) is 24.4 Å². The highest BCUT2D eigenvalue weighted by Gasteiger charge is 2.37. The van der Waals surface area contributed by atoms with Crippen LogP contribution in [0.3, 0.4) is 0 Å². The summed E-state index contributed by atoms with van der Waals surface area (Å²) in [6, 6.07) is 6.80. The van der Waals surface area contributed by atoms with Crippen molar-refractivity contribution in [2.45, 2.75) is 38.3 Å². The summed E-state index contributed by atoms with van der Waals surface area (Å²) in [5.41, 5.74) is 1.44. The van der Waals surface area contributed by atoms with E-state index in [1.165, 1.54) is 13.8 Å². The number of rotatable bonds is 5. The summed E-state index contributed by atoms with van der Waals surface area (Å²) < 4.78 is 20.2. The first-order valence-corrected chi connectivity index (χ1v) is 9.88. The predicted octanol–water partition coefficient (Wildman–Crippen LogP) is 1.44. The SMILES string of the molecule is CC(C(=O)O)c1ccc(CC(C)(C)P(=O)(O)O)cc1.O=P(O)(O)O. The van der Waals surface area contributed by atoms with Crippen molar-refractivity contribution < 1.29 is 43.5 Å². The second-order valence-electron chi connectivity index (χ2n) is 5.85. The van der Waals surface area contributed by atoms with Gasteiger partial charge in [-0.25, -0.2) is 4.57 Å². The number of carboxylic acids is 1. The molecule has 0 spiro atoms. The molecule has 0 saturated heterocycles. The Bertz CT molecular complexity index is 634. The Labute approximate surface area is 139 Å². The van der Waals surface area contributed by atoms with Gasteiger partial charge in [-0.1, -0.05) is 24.3 Å². The fourth-order valence-electron chi connectivity index (χ4n) is 1.67. The van der Waals surface area contributed by atoms with Gasteiger partial charge in [0.05, 0.1) is 11.1 Å². The lowest BCUT2D eigenvalue weighted by molar-refractivity contribution is -0.138. The molecule has 1 atom stereocenters. The summed E-state index contributed by atoms with van der Waals surface area (Å²) in [5, 5.41) is 7.76. The molecule has 1 aromatic rings. The number of hydrogen-bond donors (Lipinski definition) is 6. The second-order valence-corrected chi connectivity index (χ2v) is 9.17. The molecule has 0 fully saturated rings. The van der Waals surface area contributed by atoms with Gasteiger partial charge in [0.15, 0.2) is 0 Å². The van der Waals surface area contributed by atoms with E-state index in [1.807, 2.05) is 0 Å². The van der Waals surface area contributed by atoms with Crippen LogP contribution in [0.15, 0.2) is 24.3 Å². The Morgan fingerprint density at radius 2 is 1.42 bits per heavy atom. The minimum absolute atomic E-state index is 0.235. The van der Waals surface area contributed by atoms with Crippen LogP contribution in [0.5, 0.6) is 0 Å². The first-order valence-electron chi connectivity index (χ1n) is 6.70. The molecule has 9 nitrogen and oxygen atoms in total. The maximum absolute atomic E-state index is 11.3. The lowest BCUT2D eigenvalue weighted by Crippen LogP contribution is -2.23. The summed E-state index contributed by atoms with van der Waals surface area (Å²) in [4.78, 5) is 50.9. The van der Waals surface area contributed by atoms with Gasteiger partial charge in [-0.3, -0.25) is 9.36 Å². The molecule has 0 saturated carbocycles. The van der Waals surface area contributed by atoms with Crippen LogP contribution in [0.1, 0.15) is 37.8 Å². The van der Waals surface area contributed by atoms with E-state index in [0.29, 0.717) is 5.56 Å². The summed E-state index contributed by atoms with van der Waals surface area (Å²) in [6.45, 7) is 4.63. The lowest BCUT2D eigenvalue weighted by atomic mass is 9.96. The average Bonchev–Trinajstić information content (AvgIpc) is 2.34. The third kappa shape index (κ3) is 8.70. The van der Waals surface area contributed by atoms with Gasteiger partial charge in [-0.2, -0.15) is 0 Å². The van der Waals surface area contributed by atoms with Gasteiger partial charge < -0.3 is 29.6 Å². The van der Waals surface area contributed by atoms with Crippen LogP contribution >= 0.6 is 15.4 Å². The number of carbonyl (C=O) groups is 1. The molecule has 1 unspecified atom stereocenters. The van der Waals surface area contributed by atoms with E-state index in [1.54, 1.807) is 31.2 Å². The topological polar surface area (TPSA) is 173 Å². The molecule has 1 rings (SSSR count). The summed E-state index contributed by atoms with van der Waals surface area (Å²) in [7, 11) is -8.81. The standard InChI is InChI=1S/C13H19O5P.H3O4P/c1-9(12(14)15)11-6-4-10(5-7-11)8-13(2,3)19(16,17)18;1-5(2,3)4/h4-7,9H,8H2,1-3H3,(H,14,15)(H2,16,17,18);(H3,1,2,3,4). The maximum Gasteiger partial charge on any atom is 0.466 e. The smallest absolute Gasteiger partial charge is 0.466 e. The van der Waals surface area contributed by atoms with Crippen molar-refractivity contribution in [3.05, 3.63) is 35.4 Å². The molecule has 0 aromatic heterocycles. The van der Waals surface area contributed by atoms with Crippen molar-refractivity contribution in [2.24, 2.45) is 0 Å². The maximum atomic E-state index is 11.3. The quantitative estimate of drug-likeness (QED) is 0.411. The summed E-state index contributed by atoms with van der Waals surface area (Å²) >= 11 is 0. The number of hydrogen-bond acceptors (Lipinski definition) is 3. The van der Waals surface area contributed by atoms with E-state index in [-0.39, 0.29) is 6.42 Å². The van der Waals surface area contributed by atoms with Crippen molar-refractivity contribution in [2.75, 3.05) is 0 Å². The van der Waals surface area contributed by atoms with Crippen molar-refractivity contribution >= 4 is 21.4 Å². The second kappa shape index (κ2) is 8.36. The molecule has 0 heterocycles. The molecule has 11 heteroatoms. The molecule has 24 heavy (non-hydrogen) atoms. The van der Waals surface area contributed by atoms with Gasteiger partial charge in [0.2, 0.25) is 0 Å². The van der Waals surface area contributed by atoms with Crippen molar-refractivity contribution in [3.8, 4) is 0 Å². The molecule has 6 N–H and O–H groups in total. The first-order chi connectivity index (χ1) is 10.5. The van der Waals surface area contributed by atoms with Gasteiger partial charge in [0.1, 0.15) is 0 Å². The Morgan fingerprint density at radius 3 is 1.71 bits per heavy atom. The average molecular weight is 384 g/mol. The molecule has 0 amide bonds. The zero-order valence-corrected chi connectivity index (χ0v) is 15.2. The van der Waals surface area contributed by atoms with E-state index >= 15 is 0 Å². The molecule has 138 valence electrons. The van der Waals surface area contributed by atoms with Crippen molar-refractivity contribution in [3.63, 3.8) is 0 Å². The van der Waals surface area contributed by atoms with Crippen LogP contribution < -0.4 is 0 Å². The Balaban J connectivity index is 0.000000922. The molecule has 0 aliphatic heterocycles. The monoisotopic (exact) mass is 384 g/mol. The van der Waals surface area contributed by atoms with Gasteiger partial charge in [0, 0.05) is 0 Å². The minimum atomic E-state index is -4.64. The minimum Gasteiger partial charge on any atom is -0.481 e. The van der Waals surface area contributed by atoms with Crippen LogP contribution in [0, 0.1) is 0 Å². The fourth-order valence-corrected chi connectivity index (χ4v) is 2.06. The van der Waals surface area contributed by atoms with Crippen molar-refractivity contribution in [1.29, 1.82) is 0 Å². The molecule has 0 aliphatic carbocycles. The van der Waals surface area contributed by atoms with Crippen LogP contribution in [-0.4, -0.2) is 40.7 Å². The van der Waals surface area contributed by atoms with Crippen molar-refractivity contribution in [1.82, 2.24) is 0 Å². The molecule has 0 bridgehead atoms. The summed E-state index contributed by atoms with van der Waals surface area (Å²) in [5.74, 6) is -1.49. The third-order valence-electron chi connectivity index (χ3n) is 3.28. The molecule has 0 radical (unpaired) electrons. The van der Waals surface area contributed by atoms with E-state index < -0.39 is 32.5 Å². The van der Waals surface area contributed by atoms with Crippen LogP contribution in [0.2, 0.25) is 0 Å². The lowest BCUT2D eigenvalue weighted by Gasteiger charge is -2.25. The molecular formula is C13H22O9P2. The van der Waals surface area contributed by atoms with Crippen LogP contribution in [-0.2, 0) is 20.3 Å². The Kier molecular flexibility index (Phi) is 7.99. The highest BCUT2D eigenvalue weighted by Crippen LogP contribution is 2.51. The number of aliphatic carboxylic acids is 1. The molecule has 1 aromatic carbocycles. The van der Waals surface area contributed by atoms with E-state index in [0.717, 1.165) is 5.56 Å². The van der Waals surface area contributed by atoms with Gasteiger partial charge >= 0.3 is 21.4 Å². The fraction of sp³-hybridized carbons (Fsp3) is 0.462. The number of carboxylic acid groups (broad SMARTS) is 1. The highest BCUT2D eigenvalue weighted by atomic mass is 31.2. The normalized spacial score (nSPS) is 13.7.